The number of aromatic nitrogens is 3. The van der Waals surface area contributed by atoms with Gasteiger partial charge in [-0.05, 0) is 19.1 Å². The van der Waals surface area contributed by atoms with Crippen molar-refractivity contribution in [1.82, 2.24) is 15.0 Å². The Morgan fingerprint density at radius 1 is 1.16 bits per heavy atom. The van der Waals surface area contributed by atoms with Crippen LogP contribution in [0.25, 0.3) is 10.9 Å². The minimum atomic E-state index is -1.65. The first kappa shape index (κ1) is 18.4. The van der Waals surface area contributed by atoms with Gasteiger partial charge in [0, 0.05) is 34.5 Å². The monoisotopic (exact) mass is 413 g/mol. The van der Waals surface area contributed by atoms with Crippen molar-refractivity contribution >= 4 is 62.7 Å². The molecule has 0 radical (unpaired) electrons. The number of Topliss-reactive ketones (excluding diaryl/α,β-unsaturated/α-hetero) is 1. The normalized spacial score (nSPS) is 12.4. The number of carbonyl (C=O) groups is 1. The third kappa shape index (κ3) is 3.59. The van der Waals surface area contributed by atoms with Crippen molar-refractivity contribution in [2.45, 2.75) is 17.7 Å². The Hall–Kier alpha value is -1.44. The Balaban J connectivity index is 2.21. The fraction of sp³-hybridized carbons (Fsp3) is 0.125. The highest BCUT2D eigenvalue weighted by atomic mass is 35.5. The van der Waals surface area contributed by atoms with Crippen LogP contribution < -0.4 is 0 Å². The van der Waals surface area contributed by atoms with E-state index in [1.165, 1.54) is 13.3 Å². The van der Waals surface area contributed by atoms with E-state index in [1.807, 2.05) is 0 Å². The number of halogens is 3. The van der Waals surface area contributed by atoms with Crippen molar-refractivity contribution in [2.24, 2.45) is 0 Å². The van der Waals surface area contributed by atoms with Crippen molar-refractivity contribution in [3.63, 3.8) is 0 Å². The van der Waals surface area contributed by atoms with E-state index >= 15 is 0 Å². The zero-order valence-electron chi connectivity index (χ0n) is 12.8. The van der Waals surface area contributed by atoms with E-state index in [0.29, 0.717) is 26.5 Å². The number of pyridine rings is 1. The molecule has 0 saturated heterocycles. The van der Waals surface area contributed by atoms with Gasteiger partial charge in [0.15, 0.2) is 5.78 Å². The molecule has 0 fully saturated rings. The summed E-state index contributed by atoms with van der Waals surface area (Å²) in [7, 11) is 0. The highest BCUT2D eigenvalue weighted by molar-refractivity contribution is 7.90. The first-order valence-electron chi connectivity index (χ1n) is 7.00. The summed E-state index contributed by atoms with van der Waals surface area (Å²) in [6.07, 6.45) is 4.47. The molecule has 0 aliphatic carbocycles. The predicted octanol–water partition coefficient (Wildman–Crippen LogP) is 4.50. The molecule has 0 aliphatic heterocycles. The molecule has 5 nitrogen and oxygen atoms in total. The van der Waals surface area contributed by atoms with Gasteiger partial charge in [0.2, 0.25) is 0 Å². The Kier molecular flexibility index (Phi) is 5.46. The summed E-state index contributed by atoms with van der Waals surface area (Å²) in [4.78, 5) is 24.2. The van der Waals surface area contributed by atoms with E-state index in [0.717, 1.165) is 0 Å². The fourth-order valence-corrected chi connectivity index (χ4v) is 4.55. The highest BCUT2D eigenvalue weighted by Crippen LogP contribution is 2.38. The lowest BCUT2D eigenvalue weighted by molar-refractivity contribution is 0.101. The van der Waals surface area contributed by atoms with Gasteiger partial charge in [-0.15, -0.1) is 0 Å². The van der Waals surface area contributed by atoms with E-state index in [1.54, 1.807) is 24.5 Å². The quantitative estimate of drug-likeness (QED) is 0.464. The van der Waals surface area contributed by atoms with E-state index in [9.17, 15) is 9.35 Å². The third-order valence-electron chi connectivity index (χ3n) is 3.42. The number of hydrogen-bond donors (Lipinski definition) is 0. The zero-order valence-corrected chi connectivity index (χ0v) is 15.9. The number of fused-ring (bicyclic) bond motifs is 1. The molecule has 9 heteroatoms. The molecule has 0 aliphatic rings. The molecule has 0 spiro atoms. The molecule has 0 amide bonds. The maximum absolute atomic E-state index is 12.8. The minimum absolute atomic E-state index is 0.0676. The van der Waals surface area contributed by atoms with Gasteiger partial charge >= 0.3 is 0 Å². The lowest BCUT2D eigenvalue weighted by Crippen LogP contribution is -2.14. The van der Waals surface area contributed by atoms with E-state index < -0.39 is 11.2 Å². The molecule has 2 aromatic heterocycles. The molecule has 0 N–H and O–H groups in total. The molecule has 3 rings (SSSR count). The van der Waals surface area contributed by atoms with Crippen molar-refractivity contribution in [1.29, 1.82) is 0 Å². The average molecular weight is 415 g/mol. The van der Waals surface area contributed by atoms with Crippen molar-refractivity contribution < 1.29 is 9.35 Å². The van der Waals surface area contributed by atoms with Crippen LogP contribution >= 0.6 is 34.8 Å². The maximum atomic E-state index is 12.8. The second-order valence-corrected chi connectivity index (χ2v) is 7.71. The molecule has 128 valence electrons. The first-order valence-corrected chi connectivity index (χ1v) is 9.45. The summed E-state index contributed by atoms with van der Waals surface area (Å²) in [6, 6.07) is 3.14. The molecular weight excluding hydrogens is 405 g/mol. The Bertz CT molecular complexity index is 970. The highest BCUT2D eigenvalue weighted by Gasteiger charge is 2.28. The van der Waals surface area contributed by atoms with Crippen LogP contribution in [0.5, 0.6) is 0 Å². The molecule has 1 atom stereocenters. The van der Waals surface area contributed by atoms with Gasteiger partial charge in [-0.3, -0.25) is 4.79 Å². The van der Waals surface area contributed by atoms with Crippen molar-refractivity contribution in [3.05, 3.63) is 57.0 Å². The van der Waals surface area contributed by atoms with E-state index in [-0.39, 0.29) is 27.1 Å². The minimum Gasteiger partial charge on any atom is -0.610 e. The molecule has 1 unspecified atom stereocenters. The molecule has 3 aromatic rings. The van der Waals surface area contributed by atoms with E-state index in [2.05, 4.69) is 15.0 Å². The standard InChI is InChI=1S/C16H10Cl3N3O2S/c1-8(23)12-14(19)13-10(17)2-3-11(18)15(13)22-16(12)25(24)6-9-4-20-7-21-5-9/h2-5,7H,6H2,1H3. The van der Waals surface area contributed by atoms with Gasteiger partial charge in [0.05, 0.1) is 20.6 Å². The summed E-state index contributed by atoms with van der Waals surface area (Å²) in [5.41, 5.74) is 1.02. The Morgan fingerprint density at radius 2 is 1.80 bits per heavy atom. The summed E-state index contributed by atoms with van der Waals surface area (Å²) >= 11 is 17.1. The lowest BCUT2D eigenvalue weighted by Gasteiger charge is -2.15. The fourth-order valence-electron chi connectivity index (χ4n) is 2.33. The van der Waals surface area contributed by atoms with Crippen LogP contribution in [0, 0.1) is 0 Å². The number of benzene rings is 1. The number of rotatable bonds is 4. The number of ketones is 1. The van der Waals surface area contributed by atoms with Gasteiger partial charge < -0.3 is 4.55 Å². The summed E-state index contributed by atoms with van der Waals surface area (Å²) in [6.45, 7) is 1.33. The first-order chi connectivity index (χ1) is 11.9. The Morgan fingerprint density at radius 3 is 2.44 bits per heavy atom. The van der Waals surface area contributed by atoms with E-state index in [4.69, 9.17) is 34.8 Å². The van der Waals surface area contributed by atoms with Crippen LogP contribution in [0.3, 0.4) is 0 Å². The maximum Gasteiger partial charge on any atom is 0.257 e. The van der Waals surface area contributed by atoms with Gasteiger partial charge in [0.25, 0.3) is 5.03 Å². The molecule has 25 heavy (non-hydrogen) atoms. The molecular formula is C16H10Cl3N3O2S. The molecule has 2 heterocycles. The smallest absolute Gasteiger partial charge is 0.257 e. The van der Waals surface area contributed by atoms with Crippen LogP contribution in [0.1, 0.15) is 22.8 Å². The lowest BCUT2D eigenvalue weighted by atomic mass is 10.1. The van der Waals surface area contributed by atoms with Gasteiger partial charge in [-0.2, -0.15) is 4.98 Å². The van der Waals surface area contributed by atoms with Gasteiger partial charge in [0.1, 0.15) is 17.6 Å². The SMILES string of the molecule is CC(=O)c1c([S+]([O-])Cc2cncnc2)nc2c(Cl)ccc(Cl)c2c1Cl. The summed E-state index contributed by atoms with van der Waals surface area (Å²) in [5.74, 6) is -0.267. The topological polar surface area (TPSA) is 78.8 Å². The van der Waals surface area contributed by atoms with Crippen molar-refractivity contribution in [2.75, 3.05) is 0 Å². The van der Waals surface area contributed by atoms with Crippen LogP contribution in [0.4, 0.5) is 0 Å². The number of carbonyl (C=O) groups excluding carboxylic acids is 1. The van der Waals surface area contributed by atoms with Crippen LogP contribution in [-0.4, -0.2) is 25.3 Å². The second-order valence-electron chi connectivity index (χ2n) is 5.15. The number of hydrogen-bond acceptors (Lipinski definition) is 5. The molecule has 0 bridgehead atoms. The number of nitrogens with zero attached hydrogens (tertiary/aromatic N) is 3. The Labute approximate surface area is 161 Å². The van der Waals surface area contributed by atoms with Crippen molar-refractivity contribution in [3.8, 4) is 0 Å². The van der Waals surface area contributed by atoms with Gasteiger partial charge in [-0.25, -0.2) is 9.97 Å². The van der Waals surface area contributed by atoms with Crippen LogP contribution in [0.2, 0.25) is 15.1 Å². The summed E-state index contributed by atoms with van der Waals surface area (Å²) < 4.78 is 12.8. The molecule has 1 aromatic carbocycles. The third-order valence-corrected chi connectivity index (χ3v) is 5.74. The largest absolute Gasteiger partial charge is 0.610 e. The predicted molar refractivity (Wildman–Crippen MR) is 98.9 cm³/mol. The summed E-state index contributed by atoms with van der Waals surface area (Å²) in [5, 5.41) is 1.14. The van der Waals surface area contributed by atoms with Crippen LogP contribution in [0.15, 0.2) is 35.9 Å². The second kappa shape index (κ2) is 7.43. The van der Waals surface area contributed by atoms with Gasteiger partial charge in [-0.1, -0.05) is 34.8 Å². The molecule has 0 saturated carbocycles. The van der Waals surface area contributed by atoms with Crippen LogP contribution in [-0.2, 0) is 16.9 Å². The average Bonchev–Trinajstić information content (AvgIpc) is 2.58. The zero-order chi connectivity index (χ0) is 18.1.